The first-order chi connectivity index (χ1) is 12.8. The van der Waals surface area contributed by atoms with Gasteiger partial charge in [0.05, 0.1) is 38.0 Å². The van der Waals surface area contributed by atoms with Gasteiger partial charge in [0, 0.05) is 41.9 Å². The Hall–Kier alpha value is -2.22. The minimum atomic E-state index is 0.610. The molecule has 4 rings (SSSR count). The van der Waals surface area contributed by atoms with Crippen molar-refractivity contribution in [3.05, 3.63) is 47.4 Å². The number of benzene rings is 1. The zero-order valence-corrected chi connectivity index (χ0v) is 15.2. The Kier molecular flexibility index (Phi) is 5.29. The van der Waals surface area contributed by atoms with E-state index in [0.29, 0.717) is 11.6 Å². The summed E-state index contributed by atoms with van der Waals surface area (Å²) in [5.74, 6) is 0. The molecule has 2 aromatic heterocycles. The van der Waals surface area contributed by atoms with Crippen molar-refractivity contribution in [3.8, 4) is 0 Å². The number of hydrogen-bond donors (Lipinski definition) is 1. The standard InChI is InChI=1S/C18H21ClN6O/c19-14-1-2-16-17(3-4-20-18(16)11-14)21-12-15-13-25(23-22-15)6-5-24-7-9-26-10-8-24/h1-4,11,13H,5-10,12H2,(H,20,21). The molecule has 8 heteroatoms. The summed E-state index contributed by atoms with van der Waals surface area (Å²) in [4.78, 5) is 6.75. The summed E-state index contributed by atoms with van der Waals surface area (Å²) in [6.07, 6.45) is 3.77. The third kappa shape index (κ3) is 4.12. The highest BCUT2D eigenvalue weighted by atomic mass is 35.5. The molecule has 0 saturated carbocycles. The van der Waals surface area contributed by atoms with Crippen molar-refractivity contribution in [2.24, 2.45) is 0 Å². The molecule has 136 valence electrons. The van der Waals surface area contributed by atoms with Gasteiger partial charge in [-0.1, -0.05) is 16.8 Å². The predicted octanol–water partition coefficient (Wildman–Crippen LogP) is 2.42. The number of hydrogen-bond acceptors (Lipinski definition) is 6. The Bertz CT molecular complexity index is 877. The number of halogens is 1. The maximum absolute atomic E-state index is 6.04. The van der Waals surface area contributed by atoms with Crippen LogP contribution in [0.1, 0.15) is 5.69 Å². The van der Waals surface area contributed by atoms with E-state index in [2.05, 4.69) is 25.5 Å². The van der Waals surface area contributed by atoms with E-state index in [1.54, 1.807) is 6.20 Å². The second-order valence-electron chi connectivity index (χ2n) is 6.30. The van der Waals surface area contributed by atoms with E-state index in [0.717, 1.165) is 61.7 Å². The molecule has 3 heterocycles. The lowest BCUT2D eigenvalue weighted by molar-refractivity contribution is 0.0359. The van der Waals surface area contributed by atoms with Crippen LogP contribution in [-0.4, -0.2) is 57.7 Å². The SMILES string of the molecule is Clc1ccc2c(NCc3cn(CCN4CCOCC4)nn3)ccnc2c1. The highest BCUT2D eigenvalue weighted by Crippen LogP contribution is 2.24. The molecule has 0 unspecified atom stereocenters. The average molecular weight is 373 g/mol. The zero-order valence-electron chi connectivity index (χ0n) is 14.4. The maximum Gasteiger partial charge on any atom is 0.102 e. The summed E-state index contributed by atoms with van der Waals surface area (Å²) in [5, 5.41) is 13.6. The molecule has 0 atom stereocenters. The van der Waals surface area contributed by atoms with Gasteiger partial charge in [-0.2, -0.15) is 0 Å². The van der Waals surface area contributed by atoms with E-state index in [1.165, 1.54) is 0 Å². The molecule has 1 aliphatic rings. The van der Waals surface area contributed by atoms with Gasteiger partial charge >= 0.3 is 0 Å². The molecule has 0 radical (unpaired) electrons. The molecule has 1 saturated heterocycles. The van der Waals surface area contributed by atoms with Gasteiger partial charge in [0.1, 0.15) is 5.69 Å². The molecule has 0 bridgehead atoms. The fourth-order valence-electron chi connectivity index (χ4n) is 3.06. The third-order valence-electron chi connectivity index (χ3n) is 4.50. The van der Waals surface area contributed by atoms with Crippen LogP contribution in [-0.2, 0) is 17.8 Å². The highest BCUT2D eigenvalue weighted by molar-refractivity contribution is 6.31. The van der Waals surface area contributed by atoms with Crippen LogP contribution in [0, 0.1) is 0 Å². The quantitative estimate of drug-likeness (QED) is 0.716. The fraction of sp³-hybridized carbons (Fsp3) is 0.389. The second kappa shape index (κ2) is 7.99. The normalized spacial score (nSPS) is 15.4. The Morgan fingerprint density at radius 3 is 2.92 bits per heavy atom. The fourth-order valence-corrected chi connectivity index (χ4v) is 3.22. The van der Waals surface area contributed by atoms with E-state index < -0.39 is 0 Å². The van der Waals surface area contributed by atoms with Crippen LogP contribution in [0.25, 0.3) is 10.9 Å². The van der Waals surface area contributed by atoms with Crippen LogP contribution in [0.15, 0.2) is 36.7 Å². The largest absolute Gasteiger partial charge is 0.379 e. The number of pyridine rings is 1. The molecule has 1 N–H and O–H groups in total. The van der Waals surface area contributed by atoms with Crippen LogP contribution >= 0.6 is 11.6 Å². The molecule has 0 aliphatic carbocycles. The molecular weight excluding hydrogens is 352 g/mol. The third-order valence-corrected chi connectivity index (χ3v) is 4.73. The number of fused-ring (bicyclic) bond motifs is 1. The number of morpholine rings is 1. The summed E-state index contributed by atoms with van der Waals surface area (Å²) in [6, 6.07) is 7.67. The lowest BCUT2D eigenvalue weighted by Gasteiger charge is -2.26. The van der Waals surface area contributed by atoms with Crippen molar-refractivity contribution < 1.29 is 4.74 Å². The van der Waals surface area contributed by atoms with E-state index in [9.17, 15) is 0 Å². The maximum atomic E-state index is 6.04. The minimum Gasteiger partial charge on any atom is -0.379 e. The molecule has 3 aromatic rings. The lowest BCUT2D eigenvalue weighted by atomic mass is 10.2. The topological polar surface area (TPSA) is 68.1 Å². The molecular formula is C18H21ClN6O. The Morgan fingerprint density at radius 2 is 2.04 bits per heavy atom. The van der Waals surface area contributed by atoms with Gasteiger partial charge in [0.25, 0.3) is 0 Å². The first-order valence-electron chi connectivity index (χ1n) is 8.75. The summed E-state index contributed by atoms with van der Waals surface area (Å²) in [7, 11) is 0. The summed E-state index contributed by atoms with van der Waals surface area (Å²) in [6.45, 7) is 6.03. The number of rotatable bonds is 6. The van der Waals surface area contributed by atoms with Gasteiger partial charge in [-0.05, 0) is 24.3 Å². The Morgan fingerprint density at radius 1 is 1.15 bits per heavy atom. The Balaban J connectivity index is 1.36. The predicted molar refractivity (Wildman–Crippen MR) is 101 cm³/mol. The number of ether oxygens (including phenoxy) is 1. The van der Waals surface area contributed by atoms with Crippen molar-refractivity contribution >= 4 is 28.2 Å². The van der Waals surface area contributed by atoms with Crippen LogP contribution in [0.2, 0.25) is 5.02 Å². The smallest absolute Gasteiger partial charge is 0.102 e. The number of nitrogens with one attached hydrogen (secondary N) is 1. The van der Waals surface area contributed by atoms with Crippen LogP contribution < -0.4 is 5.32 Å². The molecule has 1 aliphatic heterocycles. The van der Waals surface area contributed by atoms with Crippen molar-refractivity contribution in [2.75, 3.05) is 38.2 Å². The highest BCUT2D eigenvalue weighted by Gasteiger charge is 2.10. The minimum absolute atomic E-state index is 0.610. The second-order valence-corrected chi connectivity index (χ2v) is 6.74. The van der Waals surface area contributed by atoms with Gasteiger partial charge in [-0.15, -0.1) is 5.10 Å². The first kappa shape index (κ1) is 17.2. The Labute approximate surface area is 156 Å². The average Bonchev–Trinajstić information content (AvgIpc) is 3.13. The zero-order chi connectivity index (χ0) is 17.8. The van der Waals surface area contributed by atoms with E-state index in [-0.39, 0.29) is 0 Å². The summed E-state index contributed by atoms with van der Waals surface area (Å²) in [5.41, 5.74) is 2.79. The summed E-state index contributed by atoms with van der Waals surface area (Å²) < 4.78 is 7.27. The number of nitrogens with zero attached hydrogens (tertiary/aromatic N) is 5. The van der Waals surface area contributed by atoms with E-state index >= 15 is 0 Å². The van der Waals surface area contributed by atoms with Gasteiger partial charge in [-0.3, -0.25) is 14.6 Å². The van der Waals surface area contributed by atoms with Crippen molar-refractivity contribution in [1.82, 2.24) is 24.9 Å². The van der Waals surface area contributed by atoms with Crippen molar-refractivity contribution in [2.45, 2.75) is 13.1 Å². The van der Waals surface area contributed by atoms with Gasteiger partial charge in [-0.25, -0.2) is 0 Å². The number of aromatic nitrogens is 4. The molecule has 26 heavy (non-hydrogen) atoms. The van der Waals surface area contributed by atoms with Crippen LogP contribution in [0.5, 0.6) is 0 Å². The molecule has 0 amide bonds. The molecule has 1 aromatic carbocycles. The van der Waals surface area contributed by atoms with E-state index in [1.807, 2.05) is 35.1 Å². The van der Waals surface area contributed by atoms with Gasteiger partial charge < -0.3 is 10.1 Å². The number of anilines is 1. The lowest BCUT2D eigenvalue weighted by Crippen LogP contribution is -2.38. The van der Waals surface area contributed by atoms with Crippen molar-refractivity contribution in [3.63, 3.8) is 0 Å². The molecule has 0 spiro atoms. The van der Waals surface area contributed by atoms with E-state index in [4.69, 9.17) is 16.3 Å². The molecule has 1 fully saturated rings. The molecule has 7 nitrogen and oxygen atoms in total. The van der Waals surface area contributed by atoms with Crippen LogP contribution in [0.3, 0.4) is 0 Å². The van der Waals surface area contributed by atoms with Gasteiger partial charge in [0.15, 0.2) is 0 Å². The van der Waals surface area contributed by atoms with Crippen LogP contribution in [0.4, 0.5) is 5.69 Å². The van der Waals surface area contributed by atoms with Gasteiger partial charge in [0.2, 0.25) is 0 Å². The monoisotopic (exact) mass is 372 g/mol. The van der Waals surface area contributed by atoms with Crippen molar-refractivity contribution in [1.29, 1.82) is 0 Å². The summed E-state index contributed by atoms with van der Waals surface area (Å²) >= 11 is 6.04. The first-order valence-corrected chi connectivity index (χ1v) is 9.13.